The zero-order chi connectivity index (χ0) is 26.0. The molecule has 0 aliphatic rings. The highest BCUT2D eigenvalue weighted by Crippen LogP contribution is 2.24. The van der Waals surface area contributed by atoms with Crippen molar-refractivity contribution in [2.45, 2.75) is 98.4 Å². The minimum atomic E-state index is -0.890. The Balaban J connectivity index is 2.66. The van der Waals surface area contributed by atoms with Crippen molar-refractivity contribution in [3.8, 4) is 0 Å². The number of rotatable bonds is 14. The van der Waals surface area contributed by atoms with E-state index in [-0.39, 0.29) is 36.2 Å². The number of nitrogens with zero attached hydrogens (tertiary/aromatic N) is 1. The fraction of sp³-hybridized carbons (Fsp3) is 0.679. The lowest BCUT2D eigenvalue weighted by Crippen LogP contribution is -2.32. The van der Waals surface area contributed by atoms with E-state index < -0.39 is 17.0 Å². The van der Waals surface area contributed by atoms with Gasteiger partial charge >= 0.3 is 5.97 Å². The fourth-order valence-electron chi connectivity index (χ4n) is 3.45. The number of ketones is 1. The summed E-state index contributed by atoms with van der Waals surface area (Å²) in [6, 6.07) is 10.2. The Kier molecular flexibility index (Phi) is 11.6. The summed E-state index contributed by atoms with van der Waals surface area (Å²) < 4.78 is 12.2. The van der Waals surface area contributed by atoms with Gasteiger partial charge in [-0.1, -0.05) is 51.1 Å². The molecule has 1 aromatic rings. The Morgan fingerprint density at radius 1 is 1.00 bits per heavy atom. The number of hydrogen-bond donors (Lipinski definition) is 1. The summed E-state index contributed by atoms with van der Waals surface area (Å²) in [5.74, 6) is -1.05. The van der Waals surface area contributed by atoms with Gasteiger partial charge in [0.25, 0.3) is 0 Å². The van der Waals surface area contributed by atoms with E-state index >= 15 is 0 Å². The molecule has 0 aliphatic heterocycles. The first-order chi connectivity index (χ1) is 15.6. The van der Waals surface area contributed by atoms with Crippen LogP contribution in [0.5, 0.6) is 0 Å². The predicted molar refractivity (Wildman–Crippen MR) is 138 cm³/mol. The fourth-order valence-corrected chi connectivity index (χ4v) is 3.45. The van der Waals surface area contributed by atoms with Gasteiger partial charge in [-0.3, -0.25) is 14.6 Å². The number of carboxylic acid groups (broad SMARTS) is 1. The Morgan fingerprint density at radius 2 is 1.62 bits per heavy atom. The Labute approximate surface area is 206 Å². The van der Waals surface area contributed by atoms with Crippen molar-refractivity contribution in [3.05, 3.63) is 35.9 Å². The van der Waals surface area contributed by atoms with Crippen molar-refractivity contribution >= 4 is 18.0 Å². The van der Waals surface area contributed by atoms with Gasteiger partial charge in [0.2, 0.25) is 0 Å². The lowest BCUT2D eigenvalue weighted by Gasteiger charge is -2.27. The summed E-state index contributed by atoms with van der Waals surface area (Å²) in [6.45, 7) is 16.4. The summed E-state index contributed by atoms with van der Waals surface area (Å²) in [5, 5.41) is 9.23. The zero-order valence-electron chi connectivity index (χ0n) is 22.4. The normalized spacial score (nSPS) is 14.8. The molecule has 2 unspecified atom stereocenters. The van der Waals surface area contributed by atoms with Crippen LogP contribution in [-0.4, -0.2) is 53.5 Å². The number of hydrogen-bond acceptors (Lipinski definition) is 5. The average molecular weight is 476 g/mol. The van der Waals surface area contributed by atoms with Crippen LogP contribution in [0.1, 0.15) is 80.2 Å². The third kappa shape index (κ3) is 13.6. The molecule has 6 heteroatoms. The molecule has 0 heterocycles. The third-order valence-electron chi connectivity index (χ3n) is 5.32. The van der Waals surface area contributed by atoms with E-state index in [2.05, 4.69) is 17.1 Å². The smallest absolute Gasteiger partial charge is 0.303 e. The molecule has 0 spiro atoms. The molecule has 192 valence electrons. The lowest BCUT2D eigenvalue weighted by atomic mass is 9.83. The summed E-state index contributed by atoms with van der Waals surface area (Å²) in [5.41, 5.74) is -0.0943. The second kappa shape index (κ2) is 13.1. The molecule has 0 radical (unpaired) electrons. The number of carboxylic acids is 1. The van der Waals surface area contributed by atoms with Gasteiger partial charge in [0.1, 0.15) is 5.78 Å². The number of Topliss-reactive ketones (excluding diaryl/α,β-unsaturated/α-hetero) is 1. The Morgan fingerprint density at radius 3 is 2.15 bits per heavy atom. The molecule has 1 N–H and O–H groups in total. The number of carbonyl (C=O) groups excluding carboxylic acids is 1. The summed E-state index contributed by atoms with van der Waals surface area (Å²) in [7, 11) is 0. The molecule has 6 nitrogen and oxygen atoms in total. The molecule has 34 heavy (non-hydrogen) atoms. The molecular formula is C28H45NO5. The number of aliphatic carboxylic acids is 1. The van der Waals surface area contributed by atoms with Gasteiger partial charge in [0.05, 0.1) is 23.9 Å². The highest BCUT2D eigenvalue weighted by Gasteiger charge is 2.27. The molecule has 2 atom stereocenters. The number of benzene rings is 1. The standard InChI is InChI=1S/C28H45NO5/c1-26(2,3)24(30)17-22(18-25(31)32)14-15-33-28(7,8)20-29-19-23(34-27(4,5)6)16-21-12-10-9-11-13-21/h9-13,19,22-23H,14-18,20H2,1-8H3,(H,31,32). The minimum absolute atomic E-state index is 0.0327. The van der Waals surface area contributed by atoms with Crippen LogP contribution in [0.3, 0.4) is 0 Å². The lowest BCUT2D eigenvalue weighted by molar-refractivity contribution is -0.138. The maximum absolute atomic E-state index is 12.4. The van der Waals surface area contributed by atoms with Crippen LogP contribution in [0.15, 0.2) is 35.3 Å². The van der Waals surface area contributed by atoms with E-state index in [1.54, 1.807) is 0 Å². The summed E-state index contributed by atoms with van der Waals surface area (Å²) >= 11 is 0. The van der Waals surface area contributed by atoms with Crippen LogP contribution in [-0.2, 0) is 25.5 Å². The summed E-state index contributed by atoms with van der Waals surface area (Å²) in [4.78, 5) is 28.3. The molecule has 0 aliphatic carbocycles. The first-order valence-corrected chi connectivity index (χ1v) is 12.2. The molecule has 0 bridgehead atoms. The third-order valence-corrected chi connectivity index (χ3v) is 5.32. The van der Waals surface area contributed by atoms with Gasteiger partial charge in [-0.25, -0.2) is 0 Å². The van der Waals surface area contributed by atoms with Gasteiger partial charge in [-0.2, -0.15) is 0 Å². The molecule has 0 saturated carbocycles. The number of carbonyl (C=O) groups is 2. The predicted octanol–water partition coefficient (Wildman–Crippen LogP) is 5.77. The minimum Gasteiger partial charge on any atom is -0.481 e. The highest BCUT2D eigenvalue weighted by atomic mass is 16.5. The largest absolute Gasteiger partial charge is 0.481 e. The maximum Gasteiger partial charge on any atom is 0.303 e. The van der Waals surface area contributed by atoms with E-state index in [0.717, 1.165) is 6.42 Å². The molecule has 0 aromatic heterocycles. The van der Waals surface area contributed by atoms with Gasteiger partial charge < -0.3 is 14.6 Å². The average Bonchev–Trinajstić information content (AvgIpc) is 2.65. The molecule has 1 aromatic carbocycles. The SMILES string of the molecule is CC(C)(C)OC(C=NCC(C)(C)OCCC(CC(=O)O)CC(=O)C(C)(C)C)Cc1ccccc1. The van der Waals surface area contributed by atoms with Gasteiger partial charge in [-0.15, -0.1) is 0 Å². The van der Waals surface area contributed by atoms with Crippen molar-refractivity contribution in [3.63, 3.8) is 0 Å². The van der Waals surface area contributed by atoms with Crippen LogP contribution in [0.25, 0.3) is 0 Å². The first kappa shape index (κ1) is 30.0. The van der Waals surface area contributed by atoms with Crippen LogP contribution < -0.4 is 0 Å². The van der Waals surface area contributed by atoms with E-state index in [1.165, 1.54) is 5.56 Å². The van der Waals surface area contributed by atoms with Crippen molar-refractivity contribution in [1.29, 1.82) is 0 Å². The monoisotopic (exact) mass is 475 g/mol. The maximum atomic E-state index is 12.4. The first-order valence-electron chi connectivity index (χ1n) is 12.2. The number of ether oxygens (including phenoxy) is 2. The van der Waals surface area contributed by atoms with Crippen LogP contribution in [0.2, 0.25) is 0 Å². The topological polar surface area (TPSA) is 85.2 Å². The van der Waals surface area contributed by atoms with E-state index in [4.69, 9.17) is 9.47 Å². The van der Waals surface area contributed by atoms with E-state index in [1.807, 2.05) is 79.8 Å². The van der Waals surface area contributed by atoms with Crippen molar-refractivity contribution in [2.75, 3.05) is 13.2 Å². The second-order valence-electron chi connectivity index (χ2n) is 11.7. The van der Waals surface area contributed by atoms with E-state index in [9.17, 15) is 14.7 Å². The van der Waals surface area contributed by atoms with Crippen LogP contribution >= 0.6 is 0 Å². The Hall–Kier alpha value is -2.05. The molecule has 0 saturated heterocycles. The van der Waals surface area contributed by atoms with Gasteiger partial charge in [0.15, 0.2) is 0 Å². The van der Waals surface area contributed by atoms with Crippen molar-refractivity contribution in [2.24, 2.45) is 16.3 Å². The molecule has 1 rings (SSSR count). The molecular weight excluding hydrogens is 430 g/mol. The number of aliphatic imine (C=N–C) groups is 1. The highest BCUT2D eigenvalue weighted by molar-refractivity contribution is 5.84. The van der Waals surface area contributed by atoms with Crippen molar-refractivity contribution < 1.29 is 24.2 Å². The Bertz CT molecular complexity index is 787. The van der Waals surface area contributed by atoms with Gasteiger partial charge in [0, 0.05) is 37.5 Å². The second-order valence-corrected chi connectivity index (χ2v) is 11.7. The van der Waals surface area contributed by atoms with Crippen LogP contribution in [0, 0.1) is 11.3 Å². The van der Waals surface area contributed by atoms with Crippen molar-refractivity contribution in [1.82, 2.24) is 0 Å². The molecule has 0 amide bonds. The molecule has 0 fully saturated rings. The van der Waals surface area contributed by atoms with E-state index in [0.29, 0.717) is 19.6 Å². The van der Waals surface area contributed by atoms with Crippen LogP contribution in [0.4, 0.5) is 0 Å². The van der Waals surface area contributed by atoms with Gasteiger partial charge in [-0.05, 0) is 52.5 Å². The zero-order valence-corrected chi connectivity index (χ0v) is 22.4. The summed E-state index contributed by atoms with van der Waals surface area (Å²) in [6.07, 6.45) is 3.19. The quantitative estimate of drug-likeness (QED) is 0.346.